The Balaban J connectivity index is 1.29. The number of aliphatic imine (C=N–C) groups is 1. The third-order valence-corrected chi connectivity index (χ3v) is 5.60. The molecule has 0 aliphatic carbocycles. The Morgan fingerprint density at radius 3 is 2.53 bits per heavy atom. The van der Waals surface area contributed by atoms with Crippen LogP contribution in [0, 0.1) is 0 Å². The Morgan fingerprint density at radius 2 is 1.80 bits per heavy atom. The van der Waals surface area contributed by atoms with E-state index >= 15 is 0 Å². The molecule has 0 radical (unpaired) electrons. The number of hydrogen-bond donors (Lipinski definition) is 2. The molecule has 2 atom stereocenters. The van der Waals surface area contributed by atoms with Gasteiger partial charge in [-0.25, -0.2) is 4.68 Å². The van der Waals surface area contributed by atoms with E-state index < -0.39 is 0 Å². The number of aromatic nitrogens is 2. The van der Waals surface area contributed by atoms with Gasteiger partial charge in [-0.1, -0.05) is 48.5 Å². The highest BCUT2D eigenvalue weighted by Gasteiger charge is 2.29. The summed E-state index contributed by atoms with van der Waals surface area (Å²) in [6.07, 6.45) is 3.10. The van der Waals surface area contributed by atoms with Gasteiger partial charge < -0.3 is 10.6 Å². The van der Waals surface area contributed by atoms with Gasteiger partial charge in [0.25, 0.3) is 0 Å². The van der Waals surface area contributed by atoms with E-state index in [0.717, 1.165) is 36.9 Å². The average Bonchev–Trinajstić information content (AvgIpc) is 3.39. The standard InChI is InChI=1S/C24H30N6/c1-19-15-22(18-29(19)17-20-9-5-3-6-10-20)27-24(25-2)26-16-21-13-14-30(28-21)23-11-7-4-8-12-23/h3-14,19,22H,15-18H2,1-2H3,(H2,25,26,27). The largest absolute Gasteiger partial charge is 0.352 e. The van der Waals surface area contributed by atoms with Gasteiger partial charge in [0.1, 0.15) is 0 Å². The van der Waals surface area contributed by atoms with Crippen molar-refractivity contribution >= 4 is 5.96 Å². The number of nitrogens with zero attached hydrogens (tertiary/aromatic N) is 4. The molecule has 2 heterocycles. The number of guanidine groups is 1. The highest BCUT2D eigenvalue weighted by Crippen LogP contribution is 2.20. The molecule has 0 spiro atoms. The fourth-order valence-corrected chi connectivity index (χ4v) is 3.98. The molecule has 4 rings (SSSR count). The highest BCUT2D eigenvalue weighted by molar-refractivity contribution is 5.80. The van der Waals surface area contributed by atoms with Crippen molar-refractivity contribution in [1.82, 2.24) is 25.3 Å². The molecule has 1 aliphatic rings. The first kappa shape index (κ1) is 20.2. The predicted molar refractivity (Wildman–Crippen MR) is 122 cm³/mol. The van der Waals surface area contributed by atoms with Gasteiger partial charge in [0.15, 0.2) is 5.96 Å². The molecule has 1 fully saturated rings. The van der Waals surface area contributed by atoms with Crippen LogP contribution in [0.4, 0.5) is 0 Å². The third-order valence-electron chi connectivity index (χ3n) is 5.60. The summed E-state index contributed by atoms with van der Waals surface area (Å²) in [6.45, 7) is 4.94. The maximum atomic E-state index is 4.65. The number of benzene rings is 2. The van der Waals surface area contributed by atoms with E-state index in [1.54, 1.807) is 0 Å². The minimum Gasteiger partial charge on any atom is -0.352 e. The summed E-state index contributed by atoms with van der Waals surface area (Å²) in [6, 6.07) is 23.8. The molecule has 1 aliphatic heterocycles. The van der Waals surface area contributed by atoms with Crippen LogP contribution in [-0.2, 0) is 13.1 Å². The molecule has 2 aromatic carbocycles. The van der Waals surface area contributed by atoms with Crippen molar-refractivity contribution in [3.05, 3.63) is 84.2 Å². The molecule has 2 N–H and O–H groups in total. The minimum atomic E-state index is 0.386. The van der Waals surface area contributed by atoms with E-state index in [1.807, 2.05) is 54.3 Å². The molecule has 0 amide bonds. The summed E-state index contributed by atoms with van der Waals surface area (Å²) in [5.74, 6) is 0.822. The molecular formula is C24H30N6. The van der Waals surface area contributed by atoms with Gasteiger partial charge in [-0.05, 0) is 37.1 Å². The summed E-state index contributed by atoms with van der Waals surface area (Å²) >= 11 is 0. The molecule has 2 unspecified atom stereocenters. The van der Waals surface area contributed by atoms with Crippen molar-refractivity contribution in [1.29, 1.82) is 0 Å². The van der Waals surface area contributed by atoms with Crippen LogP contribution in [-0.4, -0.2) is 46.3 Å². The van der Waals surface area contributed by atoms with Crippen LogP contribution in [0.5, 0.6) is 0 Å². The first-order valence-corrected chi connectivity index (χ1v) is 10.6. The van der Waals surface area contributed by atoms with E-state index in [0.29, 0.717) is 18.6 Å². The fourth-order valence-electron chi connectivity index (χ4n) is 3.98. The molecule has 6 heteroatoms. The molecule has 0 saturated carbocycles. The Labute approximate surface area is 178 Å². The average molecular weight is 403 g/mol. The number of likely N-dealkylation sites (tertiary alicyclic amines) is 1. The second kappa shape index (κ2) is 9.59. The lowest BCUT2D eigenvalue weighted by atomic mass is 10.2. The van der Waals surface area contributed by atoms with Crippen molar-refractivity contribution in [2.24, 2.45) is 4.99 Å². The fraction of sp³-hybridized carbons (Fsp3) is 0.333. The minimum absolute atomic E-state index is 0.386. The predicted octanol–water partition coefficient (Wildman–Crippen LogP) is 3.20. The molecule has 3 aromatic rings. The summed E-state index contributed by atoms with van der Waals surface area (Å²) in [7, 11) is 1.82. The maximum Gasteiger partial charge on any atom is 0.191 e. The maximum absolute atomic E-state index is 4.65. The van der Waals surface area contributed by atoms with Crippen molar-refractivity contribution in [2.45, 2.75) is 38.5 Å². The third kappa shape index (κ3) is 5.07. The monoisotopic (exact) mass is 402 g/mol. The van der Waals surface area contributed by atoms with E-state index in [-0.39, 0.29) is 0 Å². The second-order valence-corrected chi connectivity index (χ2v) is 7.85. The van der Waals surface area contributed by atoms with Crippen molar-refractivity contribution < 1.29 is 0 Å². The van der Waals surface area contributed by atoms with Gasteiger partial charge in [0, 0.05) is 38.4 Å². The zero-order valence-corrected chi connectivity index (χ0v) is 17.7. The molecular weight excluding hydrogens is 372 g/mol. The zero-order chi connectivity index (χ0) is 20.8. The number of nitrogens with one attached hydrogen (secondary N) is 2. The normalized spacial score (nSPS) is 19.7. The van der Waals surface area contributed by atoms with Gasteiger partial charge in [-0.3, -0.25) is 9.89 Å². The summed E-state index contributed by atoms with van der Waals surface area (Å²) in [5, 5.41) is 11.6. The lowest BCUT2D eigenvalue weighted by molar-refractivity contribution is 0.258. The van der Waals surface area contributed by atoms with Gasteiger partial charge in [0.2, 0.25) is 0 Å². The number of hydrogen-bond acceptors (Lipinski definition) is 3. The van der Waals surface area contributed by atoms with Crippen LogP contribution >= 0.6 is 0 Å². The summed E-state index contributed by atoms with van der Waals surface area (Å²) < 4.78 is 1.90. The SMILES string of the molecule is CN=C(NCc1ccn(-c2ccccc2)n1)NC1CC(C)N(Cc2ccccc2)C1. The molecule has 1 saturated heterocycles. The molecule has 30 heavy (non-hydrogen) atoms. The molecule has 6 nitrogen and oxygen atoms in total. The summed E-state index contributed by atoms with van der Waals surface area (Å²) in [5.41, 5.74) is 3.40. The van der Waals surface area contributed by atoms with Crippen LogP contribution in [0.2, 0.25) is 0 Å². The van der Waals surface area contributed by atoms with E-state index in [9.17, 15) is 0 Å². The quantitative estimate of drug-likeness (QED) is 0.491. The second-order valence-electron chi connectivity index (χ2n) is 7.85. The molecule has 156 valence electrons. The number of para-hydroxylation sites is 1. The van der Waals surface area contributed by atoms with Crippen LogP contribution in [0.15, 0.2) is 77.9 Å². The lowest BCUT2D eigenvalue weighted by Gasteiger charge is -2.21. The van der Waals surface area contributed by atoms with Crippen LogP contribution in [0.25, 0.3) is 5.69 Å². The first-order valence-electron chi connectivity index (χ1n) is 10.6. The Kier molecular flexibility index (Phi) is 6.44. The van der Waals surface area contributed by atoms with Crippen LogP contribution < -0.4 is 10.6 Å². The molecule has 0 bridgehead atoms. The van der Waals surface area contributed by atoms with Crippen LogP contribution in [0.1, 0.15) is 24.6 Å². The molecule has 1 aromatic heterocycles. The van der Waals surface area contributed by atoms with Gasteiger partial charge >= 0.3 is 0 Å². The summed E-state index contributed by atoms with van der Waals surface area (Å²) in [4.78, 5) is 6.94. The lowest BCUT2D eigenvalue weighted by Crippen LogP contribution is -2.44. The van der Waals surface area contributed by atoms with Crippen LogP contribution in [0.3, 0.4) is 0 Å². The van der Waals surface area contributed by atoms with E-state index in [2.05, 4.69) is 62.9 Å². The van der Waals surface area contributed by atoms with Gasteiger partial charge in [-0.2, -0.15) is 5.10 Å². The zero-order valence-electron chi connectivity index (χ0n) is 17.7. The Bertz CT molecular complexity index is 950. The topological polar surface area (TPSA) is 57.5 Å². The van der Waals surface area contributed by atoms with Gasteiger partial charge in [0.05, 0.1) is 17.9 Å². The first-order chi connectivity index (χ1) is 14.7. The van der Waals surface area contributed by atoms with Crippen molar-refractivity contribution in [3.63, 3.8) is 0 Å². The smallest absolute Gasteiger partial charge is 0.191 e. The number of rotatable bonds is 6. The Morgan fingerprint density at radius 1 is 1.07 bits per heavy atom. The van der Waals surface area contributed by atoms with E-state index in [4.69, 9.17) is 0 Å². The highest BCUT2D eigenvalue weighted by atomic mass is 15.3. The van der Waals surface area contributed by atoms with Crippen molar-refractivity contribution in [3.8, 4) is 5.69 Å². The van der Waals surface area contributed by atoms with E-state index in [1.165, 1.54) is 5.56 Å². The van der Waals surface area contributed by atoms with Crippen molar-refractivity contribution in [2.75, 3.05) is 13.6 Å². The van der Waals surface area contributed by atoms with Gasteiger partial charge in [-0.15, -0.1) is 0 Å². The Hall–Kier alpha value is -3.12.